The third-order valence-corrected chi connectivity index (χ3v) is 29.5. The van der Waals surface area contributed by atoms with Gasteiger partial charge in [-0.2, -0.15) is 10.5 Å². The Kier molecular flexibility index (Phi) is 5.82. The molecule has 4 heterocycles. The Morgan fingerprint density at radius 3 is 2.25 bits per heavy atom. The van der Waals surface area contributed by atoms with Crippen LogP contribution in [-0.2, 0) is 9.02 Å². The van der Waals surface area contributed by atoms with Crippen molar-refractivity contribution in [3.05, 3.63) is 76.3 Å². The van der Waals surface area contributed by atoms with Gasteiger partial charge in [0.15, 0.2) is 0 Å². The lowest BCUT2D eigenvalue weighted by atomic mass is 10.1. The van der Waals surface area contributed by atoms with Crippen molar-refractivity contribution in [2.24, 2.45) is 0 Å². The van der Waals surface area contributed by atoms with Crippen LogP contribution in [0.2, 0.25) is 4.79 Å². The van der Waals surface area contributed by atoms with E-state index in [9.17, 15) is 0 Å². The lowest BCUT2D eigenvalue weighted by Crippen LogP contribution is -2.64. The zero-order valence-electron chi connectivity index (χ0n) is 15.0. The molecule has 0 aromatic heterocycles. The number of rotatable bonds is 3. The van der Waals surface area contributed by atoms with Gasteiger partial charge in [0.2, 0.25) is 0 Å². The number of allylic oxidation sites excluding steroid dienone is 6. The molecule has 3 nitrogen and oxygen atoms in total. The first-order valence-electron chi connectivity index (χ1n) is 8.61. The first-order valence-corrected chi connectivity index (χ1v) is 17.8. The summed E-state index contributed by atoms with van der Waals surface area (Å²) in [5.41, 5.74) is 3.38. The Hall–Kier alpha value is -1.74. The van der Waals surface area contributed by atoms with Crippen LogP contribution in [0, 0.1) is 22.7 Å². The predicted molar refractivity (Wildman–Crippen MR) is 117 cm³/mol. The van der Waals surface area contributed by atoms with Gasteiger partial charge in [-0.05, 0) is 35.0 Å². The lowest BCUT2D eigenvalue weighted by Gasteiger charge is -2.44. The fourth-order valence-corrected chi connectivity index (χ4v) is 33.5. The van der Waals surface area contributed by atoms with Crippen molar-refractivity contribution in [3.63, 3.8) is 0 Å². The molecule has 0 amide bonds. The summed E-state index contributed by atoms with van der Waals surface area (Å²) in [5, 5.41) is 18.2. The number of hydrogen-bond donors (Lipinski definition) is 0. The van der Waals surface area contributed by atoms with Gasteiger partial charge in [0.25, 0.3) is 0 Å². The van der Waals surface area contributed by atoms with E-state index in [4.69, 9.17) is 15.3 Å². The molecule has 1 aromatic rings. The van der Waals surface area contributed by atoms with E-state index in [1.54, 1.807) is 17.7 Å². The summed E-state index contributed by atoms with van der Waals surface area (Å²) >= 11 is 0. The number of benzene rings is 1. The van der Waals surface area contributed by atoms with Gasteiger partial charge in [-0.15, -0.1) is 0 Å². The Bertz CT molecular complexity index is 959. The maximum Gasteiger partial charge on any atom is 0.137 e. The molecule has 1 aromatic carbocycles. The number of nitrogens with zero attached hydrogens (tertiary/aromatic N) is 2. The van der Waals surface area contributed by atoms with Gasteiger partial charge in [-0.25, -0.2) is 0 Å². The van der Waals surface area contributed by atoms with Crippen molar-refractivity contribution in [1.29, 1.82) is 10.5 Å². The third kappa shape index (κ3) is 4.00. The van der Waals surface area contributed by atoms with Crippen LogP contribution in [-0.4, -0.2) is 54.2 Å². The number of ether oxygens (including phenoxy) is 1. The van der Waals surface area contributed by atoms with Crippen LogP contribution in [0.4, 0.5) is 0 Å². The highest BCUT2D eigenvalue weighted by Gasteiger charge is 2.43. The SMILES string of the molecule is CC1=CC(=C(C#N)C#N)C=C(/C=C/c2ccc(C34[Si][Si]C([Si][Si]3)[Si][Si]4)cc2)O1. The molecule has 0 unspecified atom stereocenters. The molecule has 2 bridgehead atoms. The largest absolute Gasteiger partial charge is 0.462 e. The maximum absolute atomic E-state index is 9.09. The molecule has 4 aliphatic rings. The van der Waals surface area contributed by atoms with Crippen molar-refractivity contribution >= 4 is 60.3 Å². The first kappa shape index (κ1) is 19.6. The molecule has 9 heteroatoms. The van der Waals surface area contributed by atoms with E-state index < -0.39 is 0 Å². The molecule has 128 valence electrons. The molecule has 0 aliphatic carbocycles. The molecule has 3 fully saturated rings. The van der Waals surface area contributed by atoms with Crippen LogP contribution in [0.1, 0.15) is 18.1 Å². The van der Waals surface area contributed by atoms with Gasteiger partial charge in [0.1, 0.15) is 29.2 Å². The molecule has 28 heavy (non-hydrogen) atoms. The van der Waals surface area contributed by atoms with Gasteiger partial charge in [0.05, 0.1) is 0 Å². The predicted octanol–water partition coefficient (Wildman–Crippen LogP) is 1.67. The minimum atomic E-state index is 0.101. The summed E-state index contributed by atoms with van der Waals surface area (Å²) in [6, 6.07) is 12.9. The molecule has 0 atom stereocenters. The van der Waals surface area contributed by atoms with Crippen molar-refractivity contribution in [1.82, 2.24) is 0 Å². The fourth-order valence-electron chi connectivity index (χ4n) is 3.02. The quantitative estimate of drug-likeness (QED) is 0.518. The highest BCUT2D eigenvalue weighted by atomic mass is 29.3. The highest BCUT2D eigenvalue weighted by Crippen LogP contribution is 2.30. The van der Waals surface area contributed by atoms with Crippen LogP contribution in [0.25, 0.3) is 6.08 Å². The topological polar surface area (TPSA) is 56.8 Å². The minimum Gasteiger partial charge on any atom is -0.462 e. The van der Waals surface area contributed by atoms with Crippen LogP contribution in [0.15, 0.2) is 65.2 Å². The number of nitriles is 2. The van der Waals surface area contributed by atoms with Crippen molar-refractivity contribution in [3.8, 4) is 12.1 Å². The number of hydrogen-bond acceptors (Lipinski definition) is 3. The van der Waals surface area contributed by atoms with Crippen LogP contribution in [0.3, 0.4) is 0 Å². The normalized spacial score (nSPS) is 26.1. The van der Waals surface area contributed by atoms with Gasteiger partial charge in [0, 0.05) is 59.8 Å². The van der Waals surface area contributed by atoms with Crippen LogP contribution < -0.4 is 0 Å². The second-order valence-electron chi connectivity index (χ2n) is 6.40. The molecule has 12 radical (unpaired) electrons. The summed E-state index contributed by atoms with van der Waals surface area (Å²) < 4.78 is 6.26. The minimum absolute atomic E-state index is 0.101. The van der Waals surface area contributed by atoms with Crippen molar-refractivity contribution in [2.75, 3.05) is 0 Å². The summed E-state index contributed by atoms with van der Waals surface area (Å²) in [6.45, 7) is 1.82. The smallest absolute Gasteiger partial charge is 0.137 e. The van der Waals surface area contributed by atoms with Gasteiger partial charge < -0.3 is 4.74 Å². The van der Waals surface area contributed by atoms with E-state index in [1.165, 1.54) is 27.1 Å². The Morgan fingerprint density at radius 2 is 1.64 bits per heavy atom. The summed E-state index contributed by atoms with van der Waals surface area (Å²) in [4.78, 5) is 1.10. The highest BCUT2D eigenvalue weighted by molar-refractivity contribution is 7.41. The van der Waals surface area contributed by atoms with Crippen molar-refractivity contribution in [2.45, 2.75) is 16.0 Å². The maximum atomic E-state index is 9.09. The summed E-state index contributed by atoms with van der Waals surface area (Å²) in [5.74, 6) is 1.31. The Balaban J connectivity index is 1.52. The molecular formula is C19H12N2OSi6. The van der Waals surface area contributed by atoms with E-state index in [2.05, 4.69) is 24.3 Å². The monoisotopic (exact) mass is 452 g/mol. The van der Waals surface area contributed by atoms with E-state index in [1.807, 2.05) is 31.2 Å². The average molecular weight is 453 g/mol. The molecule has 3 saturated heterocycles. The lowest BCUT2D eigenvalue weighted by molar-refractivity contribution is 0.318. The second kappa shape index (κ2) is 8.33. The number of fused-ring (bicyclic) bond motifs is 3. The van der Waals surface area contributed by atoms with Crippen LogP contribution in [0.5, 0.6) is 0 Å². The second-order valence-corrected chi connectivity index (χ2v) is 20.1. The van der Waals surface area contributed by atoms with Crippen LogP contribution >= 0.6 is 0 Å². The van der Waals surface area contributed by atoms with Crippen molar-refractivity contribution < 1.29 is 4.74 Å². The fraction of sp³-hybridized carbons (Fsp3) is 0.158. The standard InChI is InChI=1S/C19H12N2OSi6/c1-12-8-14(15(10-20)11-21)9-17(22-12)7-4-13-2-5-16(6-3-13)19-26-23-18(24-27-19)25-28-19/h2-9,18H,1H3/b7-4+. The Labute approximate surface area is 179 Å². The molecule has 0 saturated carbocycles. The van der Waals surface area contributed by atoms with E-state index in [0.717, 1.165) is 37.5 Å². The molecule has 0 spiro atoms. The van der Waals surface area contributed by atoms with E-state index >= 15 is 0 Å². The molecule has 0 N–H and O–H groups in total. The molecule has 5 rings (SSSR count). The molecular weight excluding hydrogens is 441 g/mol. The van der Waals surface area contributed by atoms with E-state index in [-0.39, 0.29) is 5.57 Å². The van der Waals surface area contributed by atoms with Gasteiger partial charge in [-0.3, -0.25) is 0 Å². The first-order chi connectivity index (χ1) is 13.6. The summed E-state index contributed by atoms with van der Waals surface area (Å²) in [6.07, 6.45) is 7.39. The van der Waals surface area contributed by atoms with Gasteiger partial charge in [-0.1, -0.05) is 40.7 Å². The third-order valence-electron chi connectivity index (χ3n) is 4.44. The van der Waals surface area contributed by atoms with E-state index in [0.29, 0.717) is 21.4 Å². The molecule has 4 aliphatic heterocycles. The zero-order valence-corrected chi connectivity index (χ0v) is 21.0. The average Bonchev–Trinajstić information content (AvgIpc) is 2.74. The Morgan fingerprint density at radius 1 is 1.00 bits per heavy atom. The van der Waals surface area contributed by atoms with Gasteiger partial charge >= 0.3 is 0 Å². The summed E-state index contributed by atoms with van der Waals surface area (Å²) in [7, 11) is 7.03. The zero-order chi connectivity index (χ0) is 19.6.